The minimum atomic E-state index is -0.0164. The van der Waals surface area contributed by atoms with Crippen LogP contribution in [-0.2, 0) is 4.79 Å². The number of aryl methyl sites for hydroxylation is 2. The van der Waals surface area contributed by atoms with Gasteiger partial charge in [0.2, 0.25) is 11.0 Å². The van der Waals surface area contributed by atoms with Crippen molar-refractivity contribution in [2.45, 2.75) is 26.2 Å². The van der Waals surface area contributed by atoms with Crippen LogP contribution in [0.15, 0.2) is 61.2 Å². The van der Waals surface area contributed by atoms with E-state index in [9.17, 15) is 4.79 Å². The fraction of sp³-hybridized carbons (Fsp3) is 0.208. The number of carbonyl (C=O) groups is 1. The average Bonchev–Trinajstić information content (AvgIpc) is 3.32. The number of thiazole rings is 1. The number of hydrogen-bond acceptors (Lipinski definition) is 4. The lowest BCUT2D eigenvalue weighted by atomic mass is 9.85. The first kappa shape index (κ1) is 18.8. The SMILES string of the molecule is C=CCN1C(=O)C[C@@H](c2ccc(C)cc2)c2c(C)nn(-c3nc4ccccc4s3)c21. The van der Waals surface area contributed by atoms with Crippen LogP contribution in [-0.4, -0.2) is 27.2 Å². The molecular formula is C24H22N4OS. The summed E-state index contributed by atoms with van der Waals surface area (Å²) in [6, 6.07) is 16.5. The molecule has 0 spiro atoms. The van der Waals surface area contributed by atoms with Crippen LogP contribution in [0.25, 0.3) is 15.3 Å². The number of fused-ring (bicyclic) bond motifs is 2. The van der Waals surface area contributed by atoms with Crippen LogP contribution in [0.1, 0.15) is 34.7 Å². The largest absolute Gasteiger partial charge is 0.292 e. The second kappa shape index (κ2) is 7.22. The van der Waals surface area contributed by atoms with Gasteiger partial charge in [0.25, 0.3) is 0 Å². The number of para-hydroxylation sites is 1. The maximum atomic E-state index is 13.2. The van der Waals surface area contributed by atoms with Gasteiger partial charge in [0.05, 0.1) is 15.9 Å². The van der Waals surface area contributed by atoms with E-state index in [1.807, 2.05) is 29.8 Å². The van der Waals surface area contributed by atoms with Gasteiger partial charge < -0.3 is 0 Å². The van der Waals surface area contributed by atoms with Crippen LogP contribution >= 0.6 is 11.3 Å². The number of hydrogen-bond donors (Lipinski definition) is 0. The van der Waals surface area contributed by atoms with E-state index in [1.54, 1.807) is 22.3 Å². The third kappa shape index (κ3) is 2.95. The van der Waals surface area contributed by atoms with Gasteiger partial charge >= 0.3 is 0 Å². The standard InChI is InChI=1S/C24H22N4OS/c1-4-13-27-21(29)14-18(17-11-9-15(2)10-12-17)22-16(3)26-28(23(22)27)24-25-19-7-5-6-8-20(19)30-24/h4-12,18H,1,13-14H2,2-3H3/t18-/m0/s1. The van der Waals surface area contributed by atoms with E-state index in [1.165, 1.54) is 5.56 Å². The van der Waals surface area contributed by atoms with Crippen molar-refractivity contribution in [2.24, 2.45) is 0 Å². The molecule has 0 radical (unpaired) electrons. The second-order valence-electron chi connectivity index (χ2n) is 7.66. The van der Waals surface area contributed by atoms with Crippen LogP contribution in [0.3, 0.4) is 0 Å². The Morgan fingerprint density at radius 2 is 1.93 bits per heavy atom. The number of anilines is 1. The Kier molecular flexibility index (Phi) is 4.51. The molecule has 0 fully saturated rings. The summed E-state index contributed by atoms with van der Waals surface area (Å²) in [6.07, 6.45) is 2.19. The predicted molar refractivity (Wildman–Crippen MR) is 122 cm³/mol. The maximum Gasteiger partial charge on any atom is 0.229 e. The number of rotatable bonds is 4. The number of aromatic nitrogens is 3. The van der Waals surface area contributed by atoms with Crippen molar-refractivity contribution in [1.82, 2.24) is 14.8 Å². The zero-order valence-electron chi connectivity index (χ0n) is 17.0. The Bertz CT molecular complexity index is 1240. The fourth-order valence-electron chi connectivity index (χ4n) is 4.18. The Balaban J connectivity index is 1.73. The van der Waals surface area contributed by atoms with Crippen LogP contribution < -0.4 is 4.90 Å². The van der Waals surface area contributed by atoms with Gasteiger partial charge in [0.15, 0.2) is 0 Å². The highest BCUT2D eigenvalue weighted by molar-refractivity contribution is 7.20. The lowest BCUT2D eigenvalue weighted by Crippen LogP contribution is -2.38. The van der Waals surface area contributed by atoms with Gasteiger partial charge in [-0.2, -0.15) is 9.78 Å². The van der Waals surface area contributed by atoms with Gasteiger partial charge in [0, 0.05) is 24.4 Å². The first-order valence-corrected chi connectivity index (χ1v) is 10.8. The normalized spacial score (nSPS) is 16.1. The number of benzene rings is 2. The summed E-state index contributed by atoms with van der Waals surface area (Å²) in [7, 11) is 0. The Morgan fingerprint density at radius 1 is 1.17 bits per heavy atom. The quantitative estimate of drug-likeness (QED) is 0.434. The fourth-order valence-corrected chi connectivity index (χ4v) is 5.10. The molecule has 0 N–H and O–H groups in total. The van der Waals surface area contributed by atoms with Crippen LogP contribution in [0, 0.1) is 13.8 Å². The summed E-state index contributed by atoms with van der Waals surface area (Å²) in [5.74, 6) is 0.876. The molecule has 1 amide bonds. The van der Waals surface area contributed by atoms with Crippen molar-refractivity contribution in [3.8, 4) is 5.13 Å². The summed E-state index contributed by atoms with van der Waals surface area (Å²) in [4.78, 5) is 19.8. The van der Waals surface area contributed by atoms with Crippen molar-refractivity contribution in [3.05, 3.63) is 83.6 Å². The van der Waals surface area contributed by atoms with Crippen LogP contribution in [0.5, 0.6) is 0 Å². The van der Waals surface area contributed by atoms with Gasteiger partial charge in [0.1, 0.15) is 5.82 Å². The molecule has 2 aromatic carbocycles. The monoisotopic (exact) mass is 414 g/mol. The van der Waals surface area contributed by atoms with Crippen molar-refractivity contribution in [1.29, 1.82) is 0 Å². The van der Waals surface area contributed by atoms with E-state index < -0.39 is 0 Å². The lowest BCUT2D eigenvalue weighted by Gasteiger charge is -2.32. The van der Waals surface area contributed by atoms with E-state index in [-0.39, 0.29) is 11.8 Å². The molecular weight excluding hydrogens is 392 g/mol. The molecule has 5 rings (SSSR count). The molecule has 5 nitrogen and oxygen atoms in total. The lowest BCUT2D eigenvalue weighted by molar-refractivity contribution is -0.119. The van der Waals surface area contributed by atoms with Gasteiger partial charge in [-0.15, -0.1) is 6.58 Å². The van der Waals surface area contributed by atoms with Gasteiger partial charge in [-0.1, -0.05) is 59.4 Å². The van der Waals surface area contributed by atoms with E-state index >= 15 is 0 Å². The van der Waals surface area contributed by atoms with Crippen molar-refractivity contribution >= 4 is 33.3 Å². The Hall–Kier alpha value is -3.25. The summed E-state index contributed by atoms with van der Waals surface area (Å²) in [5.41, 5.74) is 5.31. The molecule has 3 heterocycles. The molecule has 150 valence electrons. The molecule has 0 unspecified atom stereocenters. The number of amides is 1. The smallest absolute Gasteiger partial charge is 0.229 e. The van der Waals surface area contributed by atoms with E-state index in [4.69, 9.17) is 10.1 Å². The zero-order valence-corrected chi connectivity index (χ0v) is 17.8. The Morgan fingerprint density at radius 3 is 2.67 bits per heavy atom. The molecule has 0 saturated carbocycles. The maximum absolute atomic E-state index is 13.2. The molecule has 1 aliphatic heterocycles. The molecule has 2 aromatic heterocycles. The van der Waals surface area contributed by atoms with Crippen LogP contribution in [0.4, 0.5) is 5.82 Å². The summed E-state index contributed by atoms with van der Waals surface area (Å²) < 4.78 is 2.94. The van der Waals surface area contributed by atoms with Gasteiger partial charge in [-0.05, 0) is 31.5 Å². The summed E-state index contributed by atoms with van der Waals surface area (Å²) in [5, 5.41) is 5.62. The summed E-state index contributed by atoms with van der Waals surface area (Å²) in [6.45, 7) is 8.40. The first-order chi connectivity index (χ1) is 14.6. The molecule has 30 heavy (non-hydrogen) atoms. The topological polar surface area (TPSA) is 51.0 Å². The van der Waals surface area contributed by atoms with Crippen molar-refractivity contribution < 1.29 is 4.79 Å². The minimum absolute atomic E-state index is 0.0164. The first-order valence-electron chi connectivity index (χ1n) is 10.00. The summed E-state index contributed by atoms with van der Waals surface area (Å²) >= 11 is 1.58. The van der Waals surface area contributed by atoms with Crippen molar-refractivity contribution in [3.63, 3.8) is 0 Å². The van der Waals surface area contributed by atoms with Gasteiger partial charge in [-0.25, -0.2) is 4.98 Å². The highest BCUT2D eigenvalue weighted by Gasteiger charge is 2.37. The number of nitrogens with zero attached hydrogens (tertiary/aromatic N) is 4. The molecule has 1 atom stereocenters. The molecule has 0 saturated heterocycles. The highest BCUT2D eigenvalue weighted by atomic mass is 32.1. The zero-order chi connectivity index (χ0) is 20.8. The Labute approximate surface area is 179 Å². The van der Waals surface area contributed by atoms with E-state index in [2.05, 4.69) is 43.8 Å². The molecule has 4 aromatic rings. The van der Waals surface area contributed by atoms with Crippen LogP contribution in [0.2, 0.25) is 0 Å². The highest BCUT2D eigenvalue weighted by Crippen LogP contribution is 2.43. The predicted octanol–water partition coefficient (Wildman–Crippen LogP) is 5.15. The molecule has 0 bridgehead atoms. The average molecular weight is 415 g/mol. The van der Waals surface area contributed by atoms with Gasteiger partial charge in [-0.3, -0.25) is 9.69 Å². The van der Waals surface area contributed by atoms with Crippen molar-refractivity contribution in [2.75, 3.05) is 11.4 Å². The number of carbonyl (C=O) groups excluding carboxylic acids is 1. The van der Waals surface area contributed by atoms with E-state index in [0.717, 1.165) is 38.0 Å². The van der Waals surface area contributed by atoms with E-state index in [0.29, 0.717) is 13.0 Å². The third-order valence-corrected chi connectivity index (χ3v) is 6.63. The third-order valence-electron chi connectivity index (χ3n) is 5.62. The molecule has 1 aliphatic rings. The second-order valence-corrected chi connectivity index (χ2v) is 8.67. The molecule has 0 aliphatic carbocycles. The minimum Gasteiger partial charge on any atom is -0.292 e. The molecule has 6 heteroatoms.